The monoisotopic (exact) mass is 440 g/mol. The lowest BCUT2D eigenvalue weighted by atomic mass is 10.1. The number of halogens is 3. The van der Waals surface area contributed by atoms with Crippen LogP contribution in [0.3, 0.4) is 0 Å². The molecule has 0 aliphatic rings. The predicted molar refractivity (Wildman–Crippen MR) is 106 cm³/mol. The summed E-state index contributed by atoms with van der Waals surface area (Å²) in [7, 11) is 0. The lowest BCUT2D eigenvalue weighted by Gasteiger charge is -2.15. The number of hydrogen-bond donors (Lipinski definition) is 2. The van der Waals surface area contributed by atoms with Gasteiger partial charge in [-0.15, -0.1) is 0 Å². The minimum Gasteiger partial charge on any atom is -0.453 e. The Morgan fingerprint density at radius 3 is 2.38 bits per heavy atom. The minimum absolute atomic E-state index is 0.0232. The van der Waals surface area contributed by atoms with E-state index >= 15 is 0 Å². The Morgan fingerprint density at radius 2 is 1.79 bits per heavy atom. The van der Waals surface area contributed by atoms with E-state index in [-0.39, 0.29) is 32.8 Å². The summed E-state index contributed by atoms with van der Waals surface area (Å²) < 4.78 is 20.9. The number of nitrogens with one attached hydrogen (secondary N) is 2. The van der Waals surface area contributed by atoms with E-state index in [0.29, 0.717) is 16.0 Å². The molecular formula is C18H15Cl2FN4O4. The number of aromatic nitrogens is 4. The topological polar surface area (TPSA) is 110 Å². The summed E-state index contributed by atoms with van der Waals surface area (Å²) in [6.45, 7) is 3.72. The molecule has 0 aliphatic heterocycles. The highest BCUT2D eigenvalue weighted by molar-refractivity contribution is 6.37. The first-order valence-corrected chi connectivity index (χ1v) is 9.14. The summed E-state index contributed by atoms with van der Waals surface area (Å²) in [5, 5.41) is 3.43. The molecule has 0 fully saturated rings. The molecule has 1 unspecified atom stereocenters. The Bertz CT molecular complexity index is 1210. The SMILES string of the molecule is CC(C)c1cc(Oc2c(Cl)cc(C(F)n3ncc(=O)[nH]c3=O)cc2Cl)c[nH]c1=O. The van der Waals surface area contributed by atoms with E-state index in [9.17, 15) is 18.8 Å². The van der Waals surface area contributed by atoms with Crippen molar-refractivity contribution in [3.8, 4) is 11.5 Å². The summed E-state index contributed by atoms with van der Waals surface area (Å²) >= 11 is 12.4. The smallest absolute Gasteiger partial charge is 0.347 e. The van der Waals surface area contributed by atoms with E-state index in [0.717, 1.165) is 6.20 Å². The first-order valence-electron chi connectivity index (χ1n) is 8.39. The Morgan fingerprint density at radius 1 is 1.14 bits per heavy atom. The molecule has 0 radical (unpaired) electrons. The Labute approximate surface area is 172 Å². The molecule has 0 spiro atoms. The van der Waals surface area contributed by atoms with Gasteiger partial charge in [0.1, 0.15) is 11.9 Å². The number of hydrogen-bond acceptors (Lipinski definition) is 5. The van der Waals surface area contributed by atoms with E-state index in [1.165, 1.54) is 18.3 Å². The molecule has 1 atom stereocenters. The first-order chi connectivity index (χ1) is 13.7. The Hall–Kier alpha value is -2.91. The van der Waals surface area contributed by atoms with Crippen molar-refractivity contribution in [2.24, 2.45) is 0 Å². The summed E-state index contributed by atoms with van der Waals surface area (Å²) in [4.78, 5) is 39.1. The maximum Gasteiger partial charge on any atom is 0.347 e. The van der Waals surface area contributed by atoms with E-state index in [1.54, 1.807) is 6.07 Å². The second-order valence-corrected chi connectivity index (χ2v) is 7.22. The average molecular weight is 441 g/mol. The number of aromatic amines is 2. The van der Waals surface area contributed by atoms with Gasteiger partial charge in [-0.1, -0.05) is 37.0 Å². The van der Waals surface area contributed by atoms with E-state index in [2.05, 4.69) is 10.1 Å². The number of pyridine rings is 1. The van der Waals surface area contributed by atoms with Crippen molar-refractivity contribution in [1.82, 2.24) is 19.7 Å². The predicted octanol–water partition coefficient (Wildman–Crippen LogP) is 3.36. The molecule has 0 saturated heterocycles. The van der Waals surface area contributed by atoms with Crippen molar-refractivity contribution in [1.29, 1.82) is 0 Å². The molecule has 0 saturated carbocycles. The van der Waals surface area contributed by atoms with Gasteiger partial charge in [-0.3, -0.25) is 14.6 Å². The van der Waals surface area contributed by atoms with Crippen molar-refractivity contribution in [3.63, 3.8) is 0 Å². The fourth-order valence-corrected chi connectivity index (χ4v) is 3.15. The van der Waals surface area contributed by atoms with Gasteiger partial charge in [-0.2, -0.15) is 9.78 Å². The zero-order chi connectivity index (χ0) is 21.3. The average Bonchev–Trinajstić information content (AvgIpc) is 2.65. The first kappa shape index (κ1) is 20.8. The van der Waals surface area contributed by atoms with E-state index < -0.39 is 17.5 Å². The molecule has 3 aromatic rings. The third-order valence-corrected chi connectivity index (χ3v) is 4.56. The van der Waals surface area contributed by atoms with Gasteiger partial charge in [0.25, 0.3) is 11.1 Å². The highest BCUT2D eigenvalue weighted by Gasteiger charge is 2.20. The fraction of sp³-hybridized carbons (Fsp3) is 0.222. The van der Waals surface area contributed by atoms with Crippen LogP contribution in [0.5, 0.6) is 11.5 Å². The van der Waals surface area contributed by atoms with Gasteiger partial charge in [0.15, 0.2) is 5.75 Å². The van der Waals surface area contributed by atoms with Crippen molar-refractivity contribution < 1.29 is 9.13 Å². The van der Waals surface area contributed by atoms with Crippen LogP contribution in [0.25, 0.3) is 0 Å². The number of benzene rings is 1. The van der Waals surface area contributed by atoms with Gasteiger partial charge in [0.05, 0.1) is 10.0 Å². The third kappa shape index (κ3) is 4.41. The van der Waals surface area contributed by atoms with Crippen molar-refractivity contribution >= 4 is 23.2 Å². The number of ether oxygens (including phenoxy) is 1. The Balaban J connectivity index is 1.96. The van der Waals surface area contributed by atoms with Gasteiger partial charge in [0, 0.05) is 17.3 Å². The quantitative estimate of drug-likeness (QED) is 0.631. The maximum absolute atomic E-state index is 14.7. The maximum atomic E-state index is 14.7. The molecule has 2 heterocycles. The molecule has 0 aliphatic carbocycles. The molecule has 152 valence electrons. The van der Waals surface area contributed by atoms with Crippen LogP contribution in [0, 0.1) is 0 Å². The highest BCUT2D eigenvalue weighted by atomic mass is 35.5. The van der Waals surface area contributed by atoms with Crippen LogP contribution in [0.2, 0.25) is 10.0 Å². The summed E-state index contributed by atoms with van der Waals surface area (Å²) in [6.07, 6.45) is 0.0947. The molecule has 11 heteroatoms. The van der Waals surface area contributed by atoms with Gasteiger partial charge < -0.3 is 9.72 Å². The van der Waals surface area contributed by atoms with E-state index in [1.807, 2.05) is 18.8 Å². The number of nitrogens with zero attached hydrogens (tertiary/aromatic N) is 2. The molecule has 0 bridgehead atoms. The van der Waals surface area contributed by atoms with Crippen molar-refractivity contribution in [2.75, 3.05) is 0 Å². The van der Waals surface area contributed by atoms with Crippen LogP contribution in [0.1, 0.15) is 37.2 Å². The van der Waals surface area contributed by atoms with Crippen molar-refractivity contribution in [2.45, 2.75) is 26.1 Å². The molecule has 3 rings (SSSR count). The van der Waals surface area contributed by atoms with Crippen LogP contribution < -0.4 is 21.5 Å². The molecule has 8 nitrogen and oxygen atoms in total. The molecule has 2 N–H and O–H groups in total. The number of alkyl halides is 1. The van der Waals surface area contributed by atoms with Crippen LogP contribution in [0.15, 0.2) is 45.0 Å². The largest absolute Gasteiger partial charge is 0.453 e. The van der Waals surface area contributed by atoms with Gasteiger partial charge in [-0.05, 0) is 24.1 Å². The van der Waals surface area contributed by atoms with Crippen LogP contribution in [-0.2, 0) is 0 Å². The van der Waals surface area contributed by atoms with E-state index in [4.69, 9.17) is 27.9 Å². The molecule has 29 heavy (non-hydrogen) atoms. The second-order valence-electron chi connectivity index (χ2n) is 6.41. The molecule has 0 amide bonds. The lowest BCUT2D eigenvalue weighted by molar-refractivity contribution is 0.256. The van der Waals surface area contributed by atoms with Gasteiger partial charge >= 0.3 is 5.69 Å². The summed E-state index contributed by atoms with van der Waals surface area (Å²) in [5.74, 6) is 0.305. The van der Waals surface area contributed by atoms with Gasteiger partial charge in [0.2, 0.25) is 6.30 Å². The van der Waals surface area contributed by atoms with Crippen LogP contribution in [-0.4, -0.2) is 19.7 Å². The number of H-pyrrole nitrogens is 2. The lowest BCUT2D eigenvalue weighted by Crippen LogP contribution is -2.33. The highest BCUT2D eigenvalue weighted by Crippen LogP contribution is 2.39. The molecular weight excluding hydrogens is 426 g/mol. The normalized spacial score (nSPS) is 12.2. The Kier molecular flexibility index (Phi) is 5.90. The zero-order valence-electron chi connectivity index (χ0n) is 15.2. The molecule has 1 aromatic carbocycles. The fourth-order valence-electron chi connectivity index (χ4n) is 2.57. The van der Waals surface area contributed by atoms with Crippen molar-refractivity contribution in [3.05, 3.63) is 83.0 Å². The zero-order valence-corrected chi connectivity index (χ0v) is 16.7. The standard InChI is InChI=1S/C18H15Cl2FN4O4/c1-8(2)11-5-10(6-22-17(11)27)29-15-12(19)3-9(4-13(15)20)16(21)25-18(28)24-14(26)7-23-25/h3-8,16H,1-2H3,(H,22,27)(H,24,26,28). The number of rotatable bonds is 5. The second kappa shape index (κ2) is 8.22. The minimum atomic E-state index is -2.04. The van der Waals surface area contributed by atoms with Crippen LogP contribution >= 0.6 is 23.2 Å². The van der Waals surface area contributed by atoms with Crippen LogP contribution in [0.4, 0.5) is 4.39 Å². The third-order valence-electron chi connectivity index (χ3n) is 4.00. The summed E-state index contributed by atoms with van der Waals surface area (Å²) in [6, 6.07) is 4.01. The van der Waals surface area contributed by atoms with Gasteiger partial charge in [-0.25, -0.2) is 9.18 Å². The molecule has 2 aromatic heterocycles. The summed E-state index contributed by atoms with van der Waals surface area (Å²) in [5.41, 5.74) is -1.57.